The van der Waals surface area contributed by atoms with Gasteiger partial charge in [0.25, 0.3) is 5.69 Å². The van der Waals surface area contributed by atoms with Crippen LogP contribution < -0.4 is 10.6 Å². The van der Waals surface area contributed by atoms with Gasteiger partial charge in [-0.2, -0.15) is 0 Å². The second-order valence-electron chi connectivity index (χ2n) is 2.77. The summed E-state index contributed by atoms with van der Waals surface area (Å²) in [5, 5.41) is 10.6. The van der Waals surface area contributed by atoms with Crippen molar-refractivity contribution < 1.29 is 4.92 Å². The molecule has 0 aliphatic carbocycles. The lowest BCUT2D eigenvalue weighted by Gasteiger charge is -2.14. The molecule has 0 bridgehead atoms. The molecule has 0 aliphatic rings. The van der Waals surface area contributed by atoms with Crippen molar-refractivity contribution in [1.29, 1.82) is 0 Å². The lowest BCUT2D eigenvalue weighted by molar-refractivity contribution is -0.383. The van der Waals surface area contributed by atoms with Crippen molar-refractivity contribution >= 4 is 17.1 Å². The van der Waals surface area contributed by atoms with Crippen molar-refractivity contribution in [2.75, 3.05) is 10.6 Å². The summed E-state index contributed by atoms with van der Waals surface area (Å²) >= 11 is 0. The second kappa shape index (κ2) is 7.05. The Morgan fingerprint density at radius 1 is 1.35 bits per heavy atom. The molecule has 0 atom stereocenters. The minimum atomic E-state index is -0.525. The van der Waals surface area contributed by atoms with Gasteiger partial charge in [-0.25, -0.2) is 0 Å². The molecule has 0 amide bonds. The van der Waals surface area contributed by atoms with Gasteiger partial charge in [0.05, 0.1) is 10.6 Å². The van der Waals surface area contributed by atoms with Crippen molar-refractivity contribution in [3.8, 4) is 0 Å². The SMILES string of the molecule is C=CN(C=C)c1ccc(N)c([N+](=O)[O-])c1.CC. The van der Waals surface area contributed by atoms with Crippen molar-refractivity contribution in [3.05, 3.63) is 53.9 Å². The summed E-state index contributed by atoms with van der Waals surface area (Å²) < 4.78 is 0. The summed E-state index contributed by atoms with van der Waals surface area (Å²) in [6.07, 6.45) is 3.00. The maximum Gasteiger partial charge on any atom is 0.294 e. The number of anilines is 2. The van der Waals surface area contributed by atoms with Gasteiger partial charge in [0.15, 0.2) is 0 Å². The Morgan fingerprint density at radius 2 is 1.88 bits per heavy atom. The zero-order valence-electron chi connectivity index (χ0n) is 10.1. The summed E-state index contributed by atoms with van der Waals surface area (Å²) in [5.74, 6) is 0. The Morgan fingerprint density at radius 3 is 2.29 bits per heavy atom. The van der Waals surface area contributed by atoms with Crippen molar-refractivity contribution in [1.82, 2.24) is 0 Å². The van der Waals surface area contributed by atoms with Gasteiger partial charge in [-0.05, 0) is 12.1 Å². The van der Waals surface area contributed by atoms with Gasteiger partial charge >= 0.3 is 0 Å². The molecule has 0 spiro atoms. The van der Waals surface area contributed by atoms with Gasteiger partial charge in [0.2, 0.25) is 0 Å². The van der Waals surface area contributed by atoms with Crippen LogP contribution in [-0.2, 0) is 0 Å². The van der Waals surface area contributed by atoms with E-state index in [-0.39, 0.29) is 11.4 Å². The van der Waals surface area contributed by atoms with Crippen molar-refractivity contribution in [3.63, 3.8) is 0 Å². The molecular formula is C12H17N3O2. The van der Waals surface area contributed by atoms with Crippen LogP contribution in [0.1, 0.15) is 13.8 Å². The lowest BCUT2D eigenvalue weighted by Crippen LogP contribution is -2.06. The van der Waals surface area contributed by atoms with Crippen LogP contribution >= 0.6 is 0 Å². The van der Waals surface area contributed by atoms with Crippen LogP contribution in [0.5, 0.6) is 0 Å². The maximum atomic E-state index is 10.6. The average molecular weight is 235 g/mol. The molecule has 17 heavy (non-hydrogen) atoms. The van der Waals surface area contributed by atoms with Gasteiger partial charge in [0.1, 0.15) is 5.69 Å². The van der Waals surface area contributed by atoms with E-state index in [0.717, 1.165) is 0 Å². The first-order valence-electron chi connectivity index (χ1n) is 5.17. The Hall–Kier alpha value is -2.30. The maximum absolute atomic E-state index is 10.6. The summed E-state index contributed by atoms with van der Waals surface area (Å²) in [4.78, 5) is 11.7. The van der Waals surface area contributed by atoms with Gasteiger partial charge in [0, 0.05) is 18.5 Å². The van der Waals surface area contributed by atoms with E-state index >= 15 is 0 Å². The summed E-state index contributed by atoms with van der Waals surface area (Å²) in [5.41, 5.74) is 6.07. The smallest absolute Gasteiger partial charge is 0.294 e. The third kappa shape index (κ3) is 3.64. The molecule has 2 N–H and O–H groups in total. The van der Waals surface area contributed by atoms with Gasteiger partial charge in [-0.1, -0.05) is 27.0 Å². The van der Waals surface area contributed by atoms with Crippen LogP contribution in [-0.4, -0.2) is 4.92 Å². The molecule has 0 unspecified atom stereocenters. The molecule has 0 fully saturated rings. The summed E-state index contributed by atoms with van der Waals surface area (Å²) in [7, 11) is 0. The monoisotopic (exact) mass is 235 g/mol. The van der Waals surface area contributed by atoms with Crippen LogP contribution in [0, 0.1) is 10.1 Å². The fourth-order valence-electron chi connectivity index (χ4n) is 1.14. The minimum absolute atomic E-state index is 0.124. The molecule has 0 aliphatic heterocycles. The van der Waals surface area contributed by atoms with E-state index in [2.05, 4.69) is 13.2 Å². The molecule has 92 valence electrons. The number of nitrogen functional groups attached to an aromatic ring is 1. The number of nitro groups is 1. The van der Waals surface area contributed by atoms with Crippen LogP contribution in [0.2, 0.25) is 0 Å². The first kappa shape index (κ1) is 14.7. The third-order valence-corrected chi connectivity index (χ3v) is 1.90. The zero-order valence-corrected chi connectivity index (χ0v) is 10.1. The number of hydrogen-bond acceptors (Lipinski definition) is 4. The van der Waals surface area contributed by atoms with Gasteiger partial charge in [-0.3, -0.25) is 10.1 Å². The van der Waals surface area contributed by atoms with E-state index in [9.17, 15) is 10.1 Å². The summed E-state index contributed by atoms with van der Waals surface area (Å²) in [6.45, 7) is 11.1. The van der Waals surface area contributed by atoms with Crippen LogP contribution in [0.3, 0.4) is 0 Å². The van der Waals surface area contributed by atoms with Gasteiger partial charge in [-0.15, -0.1) is 0 Å². The first-order valence-corrected chi connectivity index (χ1v) is 5.17. The zero-order chi connectivity index (χ0) is 13.4. The quantitative estimate of drug-likeness (QED) is 0.493. The topological polar surface area (TPSA) is 72.4 Å². The standard InChI is InChI=1S/C10H11N3O2.C2H6/c1-3-12(4-2)8-5-6-9(11)10(7-8)13(14)15;1-2/h3-7H,1-2,11H2;1-2H3. The lowest BCUT2D eigenvalue weighted by atomic mass is 10.2. The minimum Gasteiger partial charge on any atom is -0.393 e. The number of nitrogens with two attached hydrogens (primary N) is 1. The van der Waals surface area contributed by atoms with Crippen LogP contribution in [0.25, 0.3) is 0 Å². The Labute approximate surface area is 101 Å². The van der Waals surface area contributed by atoms with E-state index < -0.39 is 4.92 Å². The molecule has 0 heterocycles. The molecule has 0 saturated carbocycles. The molecule has 1 aromatic rings. The van der Waals surface area contributed by atoms with E-state index in [0.29, 0.717) is 5.69 Å². The Kier molecular flexibility index (Phi) is 6.10. The largest absolute Gasteiger partial charge is 0.393 e. The number of nitrogens with zero attached hydrogens (tertiary/aromatic N) is 2. The predicted molar refractivity (Wildman–Crippen MR) is 71.7 cm³/mol. The van der Waals surface area contributed by atoms with Crippen LogP contribution in [0.15, 0.2) is 43.8 Å². The highest BCUT2D eigenvalue weighted by Gasteiger charge is 2.12. The highest BCUT2D eigenvalue weighted by molar-refractivity contribution is 5.67. The third-order valence-electron chi connectivity index (χ3n) is 1.90. The molecule has 1 rings (SSSR count). The summed E-state index contributed by atoms with van der Waals surface area (Å²) in [6, 6.07) is 4.51. The van der Waals surface area contributed by atoms with E-state index in [1.165, 1.54) is 24.5 Å². The molecule has 5 heteroatoms. The first-order chi connectivity index (χ1) is 8.10. The van der Waals surface area contributed by atoms with E-state index in [1.54, 1.807) is 11.0 Å². The second-order valence-corrected chi connectivity index (χ2v) is 2.77. The highest BCUT2D eigenvalue weighted by Crippen LogP contribution is 2.27. The number of nitro benzene ring substituents is 1. The van der Waals surface area contributed by atoms with Crippen molar-refractivity contribution in [2.24, 2.45) is 0 Å². The molecule has 1 aromatic carbocycles. The number of rotatable bonds is 4. The fraction of sp³-hybridized carbons (Fsp3) is 0.167. The van der Waals surface area contributed by atoms with Gasteiger partial charge < -0.3 is 10.6 Å². The number of hydrogen-bond donors (Lipinski definition) is 1. The highest BCUT2D eigenvalue weighted by atomic mass is 16.6. The fourth-order valence-corrected chi connectivity index (χ4v) is 1.14. The molecule has 0 aromatic heterocycles. The Bertz CT molecular complexity index is 408. The number of benzene rings is 1. The van der Waals surface area contributed by atoms with Crippen molar-refractivity contribution in [2.45, 2.75) is 13.8 Å². The van der Waals surface area contributed by atoms with E-state index in [1.807, 2.05) is 13.8 Å². The van der Waals surface area contributed by atoms with E-state index in [4.69, 9.17) is 5.73 Å². The molecule has 5 nitrogen and oxygen atoms in total. The normalized spacial score (nSPS) is 8.59. The predicted octanol–water partition coefficient (Wildman–Crippen LogP) is 3.30. The Balaban J connectivity index is 0.00000121. The average Bonchev–Trinajstić information content (AvgIpc) is 2.35. The molecule has 0 saturated heterocycles. The van der Waals surface area contributed by atoms with Crippen LogP contribution in [0.4, 0.5) is 17.1 Å². The molecular weight excluding hydrogens is 218 g/mol. The molecule has 0 radical (unpaired) electrons.